The Balaban J connectivity index is 1.74. The van der Waals surface area contributed by atoms with Gasteiger partial charge in [0.05, 0.1) is 11.5 Å². The Labute approximate surface area is 139 Å². The van der Waals surface area contributed by atoms with Gasteiger partial charge in [0.15, 0.2) is 9.84 Å². The van der Waals surface area contributed by atoms with Crippen molar-refractivity contribution in [1.29, 1.82) is 0 Å². The van der Waals surface area contributed by atoms with Crippen LogP contribution in [0.15, 0.2) is 29.2 Å². The minimum Gasteiger partial charge on any atom is -0.494 e. The van der Waals surface area contributed by atoms with Crippen molar-refractivity contribution >= 4 is 9.84 Å². The van der Waals surface area contributed by atoms with Gasteiger partial charge in [-0.05, 0) is 56.5 Å². The molecule has 130 valence electrons. The molecule has 1 unspecified atom stereocenters. The second kappa shape index (κ2) is 8.66. The number of piperidine rings is 1. The highest BCUT2D eigenvalue weighted by Crippen LogP contribution is 2.20. The Morgan fingerprint density at radius 1 is 1.26 bits per heavy atom. The average Bonchev–Trinajstić information content (AvgIpc) is 2.53. The molecule has 0 aromatic heterocycles. The lowest BCUT2D eigenvalue weighted by Gasteiger charge is -2.35. The molecular formula is C17H27NO4S. The average molecular weight is 341 g/mol. The zero-order valence-electron chi connectivity index (χ0n) is 13.8. The summed E-state index contributed by atoms with van der Waals surface area (Å²) in [7, 11) is -3.15. The summed E-state index contributed by atoms with van der Waals surface area (Å²) in [6.45, 7) is 2.95. The van der Waals surface area contributed by atoms with Crippen molar-refractivity contribution < 1.29 is 18.3 Å². The van der Waals surface area contributed by atoms with Crippen LogP contribution in [0.25, 0.3) is 0 Å². The first-order chi connectivity index (χ1) is 11.0. The van der Waals surface area contributed by atoms with Crippen LogP contribution >= 0.6 is 0 Å². The predicted molar refractivity (Wildman–Crippen MR) is 90.6 cm³/mol. The van der Waals surface area contributed by atoms with Gasteiger partial charge in [-0.1, -0.05) is 6.42 Å². The summed E-state index contributed by atoms with van der Waals surface area (Å²) in [5.41, 5.74) is 0. The molecule has 0 saturated carbocycles. The quantitative estimate of drug-likeness (QED) is 0.734. The number of ether oxygens (including phenoxy) is 1. The maximum absolute atomic E-state index is 11.4. The number of hydrogen-bond acceptors (Lipinski definition) is 5. The number of aliphatic hydroxyl groups is 1. The lowest BCUT2D eigenvalue weighted by Crippen LogP contribution is -2.40. The van der Waals surface area contributed by atoms with Crippen LogP contribution in [0.3, 0.4) is 0 Å². The third-order valence-electron chi connectivity index (χ3n) is 4.32. The highest BCUT2D eigenvalue weighted by Gasteiger charge is 2.21. The minimum atomic E-state index is -3.15. The first kappa shape index (κ1) is 18.2. The smallest absolute Gasteiger partial charge is 0.175 e. The van der Waals surface area contributed by atoms with Crippen molar-refractivity contribution in [1.82, 2.24) is 4.90 Å². The van der Waals surface area contributed by atoms with Gasteiger partial charge in [-0.25, -0.2) is 8.42 Å². The van der Waals surface area contributed by atoms with Gasteiger partial charge in [0.25, 0.3) is 0 Å². The van der Waals surface area contributed by atoms with Crippen molar-refractivity contribution in [3.63, 3.8) is 0 Å². The van der Waals surface area contributed by atoms with E-state index in [1.54, 1.807) is 24.3 Å². The van der Waals surface area contributed by atoms with E-state index < -0.39 is 9.84 Å². The molecule has 0 aliphatic carbocycles. The van der Waals surface area contributed by atoms with E-state index >= 15 is 0 Å². The summed E-state index contributed by atoms with van der Waals surface area (Å²) >= 11 is 0. The Morgan fingerprint density at radius 2 is 2.00 bits per heavy atom. The number of benzene rings is 1. The third kappa shape index (κ3) is 5.79. The molecule has 6 heteroatoms. The lowest BCUT2D eigenvalue weighted by molar-refractivity contribution is 0.112. The molecule has 0 bridgehead atoms. The second-order valence-corrected chi connectivity index (χ2v) is 8.16. The van der Waals surface area contributed by atoms with E-state index in [2.05, 4.69) is 4.90 Å². The van der Waals surface area contributed by atoms with E-state index in [9.17, 15) is 8.42 Å². The van der Waals surface area contributed by atoms with Crippen LogP contribution < -0.4 is 4.74 Å². The van der Waals surface area contributed by atoms with Crippen LogP contribution in [0.2, 0.25) is 0 Å². The van der Waals surface area contributed by atoms with E-state index in [1.165, 1.54) is 25.5 Å². The lowest BCUT2D eigenvalue weighted by atomic mass is 9.99. The fraction of sp³-hybridized carbons (Fsp3) is 0.647. The summed E-state index contributed by atoms with van der Waals surface area (Å²) < 4.78 is 28.5. The van der Waals surface area contributed by atoms with Gasteiger partial charge < -0.3 is 14.7 Å². The molecule has 23 heavy (non-hydrogen) atoms. The van der Waals surface area contributed by atoms with Crippen molar-refractivity contribution in [3.05, 3.63) is 24.3 Å². The monoisotopic (exact) mass is 341 g/mol. The fourth-order valence-electron chi connectivity index (χ4n) is 3.07. The Morgan fingerprint density at radius 3 is 2.65 bits per heavy atom. The van der Waals surface area contributed by atoms with E-state index in [1.807, 2.05) is 0 Å². The summed E-state index contributed by atoms with van der Waals surface area (Å²) in [4.78, 5) is 2.76. The van der Waals surface area contributed by atoms with E-state index in [0.717, 1.165) is 25.9 Å². The molecule has 0 amide bonds. The van der Waals surface area contributed by atoms with Crippen molar-refractivity contribution in [3.8, 4) is 5.75 Å². The summed E-state index contributed by atoms with van der Waals surface area (Å²) in [5, 5.41) is 9.14. The molecule has 0 spiro atoms. The molecule has 1 N–H and O–H groups in total. The second-order valence-electron chi connectivity index (χ2n) is 6.14. The third-order valence-corrected chi connectivity index (χ3v) is 5.45. The molecule has 1 heterocycles. The van der Waals surface area contributed by atoms with Crippen LogP contribution in [0, 0.1) is 0 Å². The molecule has 1 fully saturated rings. The zero-order chi connectivity index (χ0) is 16.7. The van der Waals surface area contributed by atoms with Gasteiger partial charge in [-0.15, -0.1) is 0 Å². The molecule has 1 aliphatic heterocycles. The van der Waals surface area contributed by atoms with E-state index in [4.69, 9.17) is 9.84 Å². The first-order valence-corrected chi connectivity index (χ1v) is 10.2. The largest absolute Gasteiger partial charge is 0.494 e. The van der Waals surface area contributed by atoms with Crippen LogP contribution in [0.1, 0.15) is 32.1 Å². The van der Waals surface area contributed by atoms with Crippen molar-refractivity contribution in [2.24, 2.45) is 0 Å². The molecular weight excluding hydrogens is 314 g/mol. The van der Waals surface area contributed by atoms with Gasteiger partial charge >= 0.3 is 0 Å². The van der Waals surface area contributed by atoms with Gasteiger partial charge in [-0.3, -0.25) is 0 Å². The molecule has 1 atom stereocenters. The molecule has 5 nitrogen and oxygen atoms in total. The molecule has 2 rings (SSSR count). The SMILES string of the molecule is CS(=O)(=O)c1ccc(OCCCN2CCCCC2CCO)cc1. The van der Waals surface area contributed by atoms with E-state index in [-0.39, 0.29) is 6.61 Å². The number of rotatable bonds is 8. The number of nitrogens with zero attached hydrogens (tertiary/aromatic N) is 1. The highest BCUT2D eigenvalue weighted by molar-refractivity contribution is 7.90. The molecule has 1 saturated heterocycles. The van der Waals surface area contributed by atoms with Crippen molar-refractivity contribution in [2.45, 2.75) is 43.0 Å². The fourth-order valence-corrected chi connectivity index (χ4v) is 3.70. The van der Waals surface area contributed by atoms with Gasteiger partial charge in [0.1, 0.15) is 5.75 Å². The molecule has 1 aliphatic rings. The normalized spacial score (nSPS) is 19.7. The standard InChI is InChI=1S/C17H27NO4S/c1-23(20,21)17-8-6-16(7-9-17)22-14-4-12-18-11-3-2-5-15(18)10-13-19/h6-9,15,19H,2-5,10-14H2,1H3. The summed E-state index contributed by atoms with van der Waals surface area (Å²) in [6, 6.07) is 7.06. The Hall–Kier alpha value is -1.11. The molecule has 0 radical (unpaired) electrons. The summed E-state index contributed by atoms with van der Waals surface area (Å²) in [5.74, 6) is 0.697. The highest BCUT2D eigenvalue weighted by atomic mass is 32.2. The van der Waals surface area contributed by atoms with Gasteiger partial charge in [-0.2, -0.15) is 0 Å². The molecule has 1 aromatic carbocycles. The van der Waals surface area contributed by atoms with Crippen LogP contribution in [-0.4, -0.2) is 57.0 Å². The minimum absolute atomic E-state index is 0.254. The Kier molecular flexibility index (Phi) is 6.87. The summed E-state index contributed by atoms with van der Waals surface area (Å²) in [6.07, 6.45) is 6.64. The Bertz CT molecular complexity index is 569. The van der Waals surface area contributed by atoms with Crippen LogP contribution in [0.5, 0.6) is 5.75 Å². The van der Waals surface area contributed by atoms with Crippen LogP contribution in [-0.2, 0) is 9.84 Å². The first-order valence-electron chi connectivity index (χ1n) is 8.28. The van der Waals surface area contributed by atoms with Crippen molar-refractivity contribution in [2.75, 3.05) is 32.6 Å². The van der Waals surface area contributed by atoms with E-state index in [0.29, 0.717) is 23.3 Å². The number of likely N-dealkylation sites (tertiary alicyclic amines) is 1. The molecule has 1 aromatic rings. The van der Waals surface area contributed by atoms with Gasteiger partial charge in [0, 0.05) is 25.4 Å². The van der Waals surface area contributed by atoms with Crippen LogP contribution in [0.4, 0.5) is 0 Å². The topological polar surface area (TPSA) is 66.8 Å². The number of hydrogen-bond donors (Lipinski definition) is 1. The zero-order valence-corrected chi connectivity index (χ0v) is 14.6. The predicted octanol–water partition coefficient (Wildman–Crippen LogP) is 2.10. The van der Waals surface area contributed by atoms with Gasteiger partial charge in [0.2, 0.25) is 0 Å². The maximum atomic E-state index is 11.4. The number of aliphatic hydroxyl groups excluding tert-OH is 1. The number of sulfone groups is 1. The maximum Gasteiger partial charge on any atom is 0.175 e.